The maximum atomic E-state index is 13.6. The summed E-state index contributed by atoms with van der Waals surface area (Å²) in [4.78, 5) is 51.3. The summed E-state index contributed by atoms with van der Waals surface area (Å²) in [5.41, 5.74) is 2.99. The monoisotopic (exact) mass is 606 g/mol. The van der Waals surface area contributed by atoms with Crippen molar-refractivity contribution in [3.05, 3.63) is 94.6 Å². The van der Waals surface area contributed by atoms with Crippen LogP contribution in [0.2, 0.25) is 0 Å². The van der Waals surface area contributed by atoms with Crippen LogP contribution in [0.25, 0.3) is 6.08 Å². The molecule has 0 unspecified atom stereocenters. The van der Waals surface area contributed by atoms with Crippen LogP contribution in [0.3, 0.4) is 0 Å². The first-order valence-corrected chi connectivity index (χ1v) is 15.4. The van der Waals surface area contributed by atoms with Crippen LogP contribution in [-0.2, 0) is 16.2 Å². The number of barbiturate groups is 1. The Labute approximate surface area is 260 Å². The topological polar surface area (TPSA) is 122 Å². The van der Waals surface area contributed by atoms with Crippen molar-refractivity contribution in [1.29, 1.82) is 0 Å². The number of carbonyl (C=O) groups excluding carboxylic acids is 3. The van der Waals surface area contributed by atoms with E-state index >= 15 is 0 Å². The predicted octanol–water partition coefficient (Wildman–Crippen LogP) is 6.18. The number of ether oxygens (including phenoxy) is 2. The van der Waals surface area contributed by atoms with E-state index < -0.39 is 23.8 Å². The zero-order valence-electron chi connectivity index (χ0n) is 24.9. The van der Waals surface area contributed by atoms with E-state index in [-0.39, 0.29) is 17.7 Å². The molecule has 9 nitrogen and oxygen atoms in total. The molecule has 1 saturated heterocycles. The summed E-state index contributed by atoms with van der Waals surface area (Å²) < 4.78 is 11.4. The highest BCUT2D eigenvalue weighted by Crippen LogP contribution is 2.59. The summed E-state index contributed by atoms with van der Waals surface area (Å²) in [6, 6.07) is 18.3. The van der Waals surface area contributed by atoms with Crippen LogP contribution in [0, 0.1) is 23.7 Å². The molecule has 5 fully saturated rings. The average molecular weight is 607 g/mol. The van der Waals surface area contributed by atoms with Crippen LogP contribution in [-0.4, -0.2) is 36.0 Å². The Morgan fingerprint density at radius 3 is 2.18 bits per heavy atom. The number of carboxylic acid groups (broad SMARTS) is 1. The van der Waals surface area contributed by atoms with Crippen molar-refractivity contribution < 1.29 is 33.8 Å². The smallest absolute Gasteiger partial charge is 0.335 e. The molecule has 4 saturated carbocycles. The van der Waals surface area contributed by atoms with Crippen molar-refractivity contribution in [2.75, 3.05) is 12.0 Å². The molecule has 0 radical (unpaired) electrons. The summed E-state index contributed by atoms with van der Waals surface area (Å²) in [7, 11) is 1.48. The highest BCUT2D eigenvalue weighted by Gasteiger charge is 2.48. The van der Waals surface area contributed by atoms with E-state index in [1.807, 2.05) is 24.3 Å². The number of rotatable bonds is 8. The molecule has 9 heteroatoms. The van der Waals surface area contributed by atoms with E-state index in [1.165, 1.54) is 63.0 Å². The van der Waals surface area contributed by atoms with Gasteiger partial charge in [-0.25, -0.2) is 14.5 Å². The van der Waals surface area contributed by atoms with Gasteiger partial charge in [0.1, 0.15) is 12.2 Å². The molecule has 45 heavy (non-hydrogen) atoms. The lowest BCUT2D eigenvalue weighted by Gasteiger charge is -2.54. The highest BCUT2D eigenvalue weighted by molar-refractivity contribution is 6.39. The number of imide groups is 2. The van der Waals surface area contributed by atoms with Crippen LogP contribution >= 0.6 is 0 Å². The van der Waals surface area contributed by atoms with Crippen molar-refractivity contribution in [3.8, 4) is 11.5 Å². The standard InChI is InChI=1S/C36H34N2O7/c1-44-31-18-21(4-11-30(31)45-19-20-2-5-25(6-3-20)35(41)42)17-29-33(39)37-36(43)38(34(29)40)28-9-7-24(8-10-28)32-26-13-22-12-23(15-26)16-27(32)14-22/h2-11,17-18,22-23,26-27,32H,12-16,19H2,1H3,(H,41,42)(H,37,39,43). The fourth-order valence-electron chi connectivity index (χ4n) is 8.17. The molecule has 0 aromatic heterocycles. The Morgan fingerprint density at radius 2 is 1.56 bits per heavy atom. The van der Waals surface area contributed by atoms with Crippen molar-refractivity contribution in [3.63, 3.8) is 0 Å². The van der Waals surface area contributed by atoms with E-state index in [0.717, 1.165) is 34.1 Å². The summed E-state index contributed by atoms with van der Waals surface area (Å²) in [6.45, 7) is 0.177. The number of hydrogen-bond donors (Lipinski definition) is 2. The fourth-order valence-corrected chi connectivity index (χ4v) is 8.17. The molecule has 2 N–H and O–H groups in total. The lowest BCUT2D eigenvalue weighted by Crippen LogP contribution is -2.54. The Kier molecular flexibility index (Phi) is 7.39. The molecular formula is C36H34N2O7. The zero-order valence-corrected chi connectivity index (χ0v) is 24.9. The van der Waals surface area contributed by atoms with Gasteiger partial charge in [-0.3, -0.25) is 14.9 Å². The minimum Gasteiger partial charge on any atom is -0.493 e. The molecule has 0 spiro atoms. The van der Waals surface area contributed by atoms with E-state index in [1.54, 1.807) is 30.3 Å². The number of nitrogens with one attached hydrogen (secondary N) is 1. The van der Waals surface area contributed by atoms with Crippen LogP contribution in [0.1, 0.15) is 65.1 Å². The quantitative estimate of drug-likeness (QED) is 0.232. The number of urea groups is 1. The van der Waals surface area contributed by atoms with Gasteiger partial charge in [-0.1, -0.05) is 30.3 Å². The molecule has 4 aliphatic carbocycles. The third kappa shape index (κ3) is 5.47. The zero-order chi connectivity index (χ0) is 31.2. The van der Waals surface area contributed by atoms with Crippen LogP contribution < -0.4 is 19.7 Å². The second kappa shape index (κ2) is 11.5. The number of anilines is 1. The molecule has 8 rings (SSSR count). The molecule has 1 aliphatic heterocycles. The van der Waals surface area contributed by atoms with Gasteiger partial charge in [-0.05, 0) is 121 Å². The van der Waals surface area contributed by atoms with Gasteiger partial charge in [0.2, 0.25) is 0 Å². The predicted molar refractivity (Wildman–Crippen MR) is 166 cm³/mol. The first kappa shape index (κ1) is 28.8. The molecule has 0 atom stereocenters. The Balaban J connectivity index is 1.08. The SMILES string of the molecule is COc1cc(C=C2C(=O)NC(=O)N(c3ccc(C4C5CC6CC(C5)CC4C6)cc3)C2=O)ccc1OCc1ccc(C(=O)O)cc1. The number of aromatic carboxylic acids is 1. The minimum absolute atomic E-state index is 0.172. The van der Waals surface area contributed by atoms with Crippen LogP contribution in [0.4, 0.5) is 10.5 Å². The third-order valence-electron chi connectivity index (χ3n) is 9.96. The molecule has 4 amide bonds. The normalized spacial score (nSPS) is 26.2. The number of nitrogens with zero attached hydrogens (tertiary/aromatic N) is 1. The van der Waals surface area contributed by atoms with Crippen molar-refractivity contribution in [1.82, 2.24) is 5.32 Å². The maximum absolute atomic E-state index is 13.6. The lowest BCUT2D eigenvalue weighted by atomic mass is 9.51. The summed E-state index contributed by atoms with van der Waals surface area (Å²) in [6.07, 6.45) is 8.06. The number of carboxylic acids is 1. The van der Waals surface area contributed by atoms with Gasteiger partial charge in [0.15, 0.2) is 11.5 Å². The van der Waals surface area contributed by atoms with Gasteiger partial charge in [0, 0.05) is 0 Å². The van der Waals surface area contributed by atoms with Gasteiger partial charge in [0.05, 0.1) is 18.4 Å². The summed E-state index contributed by atoms with van der Waals surface area (Å²) in [5.74, 6) is 2.08. The first-order chi connectivity index (χ1) is 21.8. The molecule has 4 bridgehead atoms. The lowest BCUT2D eigenvalue weighted by molar-refractivity contribution is -0.122. The Hall–Kier alpha value is -4.92. The molecule has 230 valence electrons. The van der Waals surface area contributed by atoms with Gasteiger partial charge in [-0.2, -0.15) is 0 Å². The highest BCUT2D eigenvalue weighted by atomic mass is 16.5. The van der Waals surface area contributed by atoms with Gasteiger partial charge in [-0.15, -0.1) is 0 Å². The number of benzene rings is 3. The first-order valence-electron chi connectivity index (χ1n) is 15.4. The molecule has 3 aromatic carbocycles. The van der Waals surface area contributed by atoms with Gasteiger partial charge >= 0.3 is 12.0 Å². The summed E-state index contributed by atoms with van der Waals surface area (Å²) in [5, 5.41) is 11.4. The van der Waals surface area contributed by atoms with E-state index in [9.17, 15) is 19.2 Å². The van der Waals surface area contributed by atoms with Gasteiger partial charge in [0.25, 0.3) is 11.8 Å². The largest absolute Gasteiger partial charge is 0.493 e. The van der Waals surface area contributed by atoms with Crippen LogP contribution in [0.15, 0.2) is 72.3 Å². The van der Waals surface area contributed by atoms with E-state index in [0.29, 0.717) is 28.7 Å². The summed E-state index contributed by atoms with van der Waals surface area (Å²) >= 11 is 0. The molecule has 5 aliphatic rings. The second-order valence-corrected chi connectivity index (χ2v) is 12.7. The van der Waals surface area contributed by atoms with E-state index in [2.05, 4.69) is 5.32 Å². The number of hydrogen-bond acceptors (Lipinski definition) is 6. The Bertz CT molecular complexity index is 1680. The minimum atomic E-state index is -1.00. The maximum Gasteiger partial charge on any atom is 0.335 e. The number of carbonyl (C=O) groups is 4. The molecule has 1 heterocycles. The molecular weight excluding hydrogens is 572 g/mol. The van der Waals surface area contributed by atoms with Crippen molar-refractivity contribution >= 4 is 35.6 Å². The van der Waals surface area contributed by atoms with E-state index in [4.69, 9.17) is 14.6 Å². The Morgan fingerprint density at radius 1 is 0.889 bits per heavy atom. The van der Waals surface area contributed by atoms with Crippen molar-refractivity contribution in [2.45, 2.75) is 44.6 Å². The molecule has 3 aromatic rings. The van der Waals surface area contributed by atoms with Gasteiger partial charge < -0.3 is 14.6 Å². The average Bonchev–Trinajstić information content (AvgIpc) is 3.02. The number of amides is 4. The van der Waals surface area contributed by atoms with Crippen molar-refractivity contribution in [2.24, 2.45) is 23.7 Å². The fraction of sp³-hybridized carbons (Fsp3) is 0.333. The third-order valence-corrected chi connectivity index (χ3v) is 9.96. The second-order valence-electron chi connectivity index (χ2n) is 12.7. The number of methoxy groups -OCH3 is 1. The van der Waals surface area contributed by atoms with Crippen LogP contribution in [0.5, 0.6) is 11.5 Å².